The Bertz CT molecular complexity index is 422. The topological polar surface area (TPSA) is 89.3 Å². The third kappa shape index (κ3) is 4.45. The lowest BCUT2D eigenvalue weighted by atomic mass is 9.92. The normalized spacial score (nSPS) is 28.4. The molecule has 0 saturated heterocycles. The zero-order valence-electron chi connectivity index (χ0n) is 12.0. The van der Waals surface area contributed by atoms with Gasteiger partial charge in [0.1, 0.15) is 0 Å². The van der Waals surface area contributed by atoms with Crippen LogP contribution in [0.1, 0.15) is 57.8 Å². The summed E-state index contributed by atoms with van der Waals surface area (Å²) in [7, 11) is -3.09. The molecule has 0 aromatic heterocycles. The number of hydrogen-bond donors (Lipinski definition) is 2. The van der Waals surface area contributed by atoms with Crippen molar-refractivity contribution < 1.29 is 13.2 Å². The zero-order valence-corrected chi connectivity index (χ0v) is 12.8. The predicted molar refractivity (Wildman–Crippen MR) is 79.0 cm³/mol. The average Bonchev–Trinajstić information content (AvgIpc) is 2.94. The maximum atomic E-state index is 12.1. The maximum absolute atomic E-state index is 12.1. The van der Waals surface area contributed by atoms with Crippen LogP contribution in [0.4, 0.5) is 0 Å². The van der Waals surface area contributed by atoms with Gasteiger partial charge in [-0.3, -0.25) is 4.79 Å². The Balaban J connectivity index is 1.72. The van der Waals surface area contributed by atoms with E-state index in [1.165, 1.54) is 0 Å². The molecule has 2 fully saturated rings. The van der Waals surface area contributed by atoms with Crippen LogP contribution in [0.2, 0.25) is 0 Å². The van der Waals surface area contributed by atoms with Crippen molar-refractivity contribution >= 4 is 15.7 Å². The first-order valence-corrected chi connectivity index (χ1v) is 9.45. The van der Waals surface area contributed by atoms with Gasteiger partial charge >= 0.3 is 0 Å². The second kappa shape index (κ2) is 6.89. The molecule has 2 aliphatic rings. The number of amides is 1. The van der Waals surface area contributed by atoms with Crippen molar-refractivity contribution in [2.45, 2.75) is 75.1 Å². The number of carbonyl (C=O) groups is 1. The fourth-order valence-electron chi connectivity index (χ4n) is 3.21. The van der Waals surface area contributed by atoms with Crippen molar-refractivity contribution in [1.82, 2.24) is 5.32 Å². The molecular weight excluding hydrogens is 276 g/mol. The average molecular weight is 302 g/mol. The molecule has 2 rings (SSSR count). The van der Waals surface area contributed by atoms with Crippen molar-refractivity contribution in [3.8, 4) is 0 Å². The molecule has 0 radical (unpaired) electrons. The van der Waals surface area contributed by atoms with E-state index in [0.717, 1.165) is 51.4 Å². The minimum Gasteiger partial charge on any atom is -0.353 e. The molecule has 116 valence electrons. The Labute approximate surface area is 121 Å². The molecule has 0 unspecified atom stereocenters. The fourth-order valence-corrected chi connectivity index (χ4v) is 5.07. The van der Waals surface area contributed by atoms with Gasteiger partial charge in [0.2, 0.25) is 5.91 Å². The standard InChI is InChI=1S/C14H26N2O3S/c15-11-5-7-12(8-6-11)16-14(17)9-10-20(18,19)13-3-1-2-4-13/h11-13H,1-10,15H2,(H,16,17). The van der Waals surface area contributed by atoms with Crippen molar-refractivity contribution in [2.75, 3.05) is 5.75 Å². The highest BCUT2D eigenvalue weighted by atomic mass is 32.2. The van der Waals surface area contributed by atoms with Crippen molar-refractivity contribution in [3.63, 3.8) is 0 Å². The van der Waals surface area contributed by atoms with Gasteiger partial charge in [0, 0.05) is 18.5 Å². The summed E-state index contributed by atoms with van der Waals surface area (Å²) in [5, 5.41) is 2.74. The molecule has 0 spiro atoms. The first-order chi connectivity index (χ1) is 9.47. The number of nitrogens with two attached hydrogens (primary N) is 1. The van der Waals surface area contributed by atoms with E-state index in [2.05, 4.69) is 5.32 Å². The van der Waals surface area contributed by atoms with Gasteiger partial charge in [-0.2, -0.15) is 0 Å². The van der Waals surface area contributed by atoms with Gasteiger partial charge in [0.25, 0.3) is 0 Å². The summed E-state index contributed by atoms with van der Waals surface area (Å²) < 4.78 is 24.2. The van der Waals surface area contributed by atoms with Crippen LogP contribution in [-0.4, -0.2) is 37.4 Å². The minimum absolute atomic E-state index is 0.00423. The molecule has 3 N–H and O–H groups in total. The fraction of sp³-hybridized carbons (Fsp3) is 0.929. The smallest absolute Gasteiger partial charge is 0.221 e. The number of rotatable bonds is 5. The van der Waals surface area contributed by atoms with Gasteiger partial charge in [-0.1, -0.05) is 12.8 Å². The van der Waals surface area contributed by atoms with Gasteiger partial charge in [0.15, 0.2) is 9.84 Å². The monoisotopic (exact) mass is 302 g/mol. The predicted octanol–water partition coefficient (Wildman–Crippen LogP) is 1.12. The summed E-state index contributed by atoms with van der Waals surface area (Å²) in [6, 6.07) is 0.433. The Morgan fingerprint density at radius 2 is 1.65 bits per heavy atom. The third-order valence-electron chi connectivity index (χ3n) is 4.56. The molecule has 0 aromatic rings. The van der Waals surface area contributed by atoms with Crippen LogP contribution in [0.15, 0.2) is 0 Å². The Hall–Kier alpha value is -0.620. The van der Waals surface area contributed by atoms with E-state index in [1.54, 1.807) is 0 Å². The van der Waals surface area contributed by atoms with Gasteiger partial charge in [0.05, 0.1) is 11.0 Å². The number of nitrogens with one attached hydrogen (secondary N) is 1. The summed E-state index contributed by atoms with van der Waals surface area (Å²) in [5.74, 6) is -0.137. The SMILES string of the molecule is NC1CCC(NC(=O)CCS(=O)(=O)C2CCCC2)CC1. The lowest BCUT2D eigenvalue weighted by Crippen LogP contribution is -2.41. The van der Waals surface area contributed by atoms with Crippen molar-refractivity contribution in [1.29, 1.82) is 0 Å². The number of hydrogen-bond acceptors (Lipinski definition) is 4. The second-order valence-corrected chi connectivity index (χ2v) is 8.60. The molecule has 2 saturated carbocycles. The van der Waals surface area contributed by atoms with E-state index in [-0.39, 0.29) is 35.4 Å². The lowest BCUT2D eigenvalue weighted by molar-refractivity contribution is -0.121. The van der Waals surface area contributed by atoms with Gasteiger partial charge < -0.3 is 11.1 Å². The van der Waals surface area contributed by atoms with Crippen LogP contribution in [0, 0.1) is 0 Å². The Kier molecular flexibility index (Phi) is 5.43. The molecular formula is C14H26N2O3S. The molecule has 6 heteroatoms. The van der Waals surface area contributed by atoms with E-state index in [1.807, 2.05) is 0 Å². The molecule has 2 aliphatic carbocycles. The van der Waals surface area contributed by atoms with Crippen LogP contribution < -0.4 is 11.1 Å². The van der Waals surface area contributed by atoms with Gasteiger partial charge in [-0.15, -0.1) is 0 Å². The van der Waals surface area contributed by atoms with E-state index in [4.69, 9.17) is 5.73 Å². The lowest BCUT2D eigenvalue weighted by Gasteiger charge is -2.26. The first kappa shape index (κ1) is 15.8. The molecule has 0 aliphatic heterocycles. The summed E-state index contributed by atoms with van der Waals surface area (Å²) >= 11 is 0. The largest absolute Gasteiger partial charge is 0.353 e. The highest BCUT2D eigenvalue weighted by Gasteiger charge is 2.29. The number of sulfone groups is 1. The highest BCUT2D eigenvalue weighted by molar-refractivity contribution is 7.92. The maximum Gasteiger partial charge on any atom is 0.221 e. The van der Waals surface area contributed by atoms with Gasteiger partial charge in [-0.25, -0.2) is 8.42 Å². The molecule has 20 heavy (non-hydrogen) atoms. The minimum atomic E-state index is -3.09. The van der Waals surface area contributed by atoms with Crippen LogP contribution in [0.25, 0.3) is 0 Å². The first-order valence-electron chi connectivity index (χ1n) is 7.74. The zero-order chi connectivity index (χ0) is 14.6. The highest BCUT2D eigenvalue weighted by Crippen LogP contribution is 2.25. The summed E-state index contributed by atoms with van der Waals surface area (Å²) in [5.41, 5.74) is 5.82. The Morgan fingerprint density at radius 3 is 2.25 bits per heavy atom. The van der Waals surface area contributed by atoms with Gasteiger partial charge in [-0.05, 0) is 38.5 Å². The van der Waals surface area contributed by atoms with Crippen molar-refractivity contribution in [2.24, 2.45) is 5.73 Å². The quantitative estimate of drug-likeness (QED) is 0.796. The third-order valence-corrected chi connectivity index (χ3v) is 6.82. The summed E-state index contributed by atoms with van der Waals surface area (Å²) in [6.45, 7) is 0. The van der Waals surface area contributed by atoms with E-state index >= 15 is 0 Å². The molecule has 0 atom stereocenters. The van der Waals surface area contributed by atoms with Crippen molar-refractivity contribution in [3.05, 3.63) is 0 Å². The van der Waals surface area contributed by atoms with Crippen LogP contribution >= 0.6 is 0 Å². The Morgan fingerprint density at radius 1 is 1.05 bits per heavy atom. The van der Waals surface area contributed by atoms with Crippen LogP contribution in [0.3, 0.4) is 0 Å². The summed E-state index contributed by atoms with van der Waals surface area (Å²) in [4.78, 5) is 11.8. The molecule has 5 nitrogen and oxygen atoms in total. The molecule has 0 heterocycles. The van der Waals surface area contributed by atoms with E-state index < -0.39 is 9.84 Å². The molecule has 1 amide bonds. The second-order valence-electron chi connectivity index (χ2n) is 6.20. The van der Waals surface area contributed by atoms with Crippen LogP contribution in [-0.2, 0) is 14.6 Å². The molecule has 0 aromatic carbocycles. The van der Waals surface area contributed by atoms with E-state index in [9.17, 15) is 13.2 Å². The molecule has 0 bridgehead atoms. The number of carbonyl (C=O) groups excluding carboxylic acids is 1. The van der Waals surface area contributed by atoms with Crippen LogP contribution in [0.5, 0.6) is 0 Å². The van der Waals surface area contributed by atoms with E-state index in [0.29, 0.717) is 0 Å². The summed E-state index contributed by atoms with van der Waals surface area (Å²) in [6.07, 6.45) is 7.31.